The molecule has 0 fully saturated rings. The molecule has 2 aromatic rings. The Hall–Kier alpha value is -2.15. The van der Waals surface area contributed by atoms with Crippen LogP contribution in [0.15, 0.2) is 53.6 Å². The van der Waals surface area contributed by atoms with Gasteiger partial charge in [0.05, 0.1) is 10.8 Å². The summed E-state index contributed by atoms with van der Waals surface area (Å²) in [7, 11) is 0. The summed E-state index contributed by atoms with van der Waals surface area (Å²) in [6.07, 6.45) is 0.802. The molecule has 8 heteroatoms. The molecule has 25 heavy (non-hydrogen) atoms. The summed E-state index contributed by atoms with van der Waals surface area (Å²) in [6, 6.07) is 15.0. The van der Waals surface area contributed by atoms with Crippen LogP contribution in [0, 0.1) is 10.1 Å². The molecule has 0 bridgehead atoms. The van der Waals surface area contributed by atoms with E-state index in [1.165, 1.54) is 5.56 Å². The third-order valence-corrected chi connectivity index (χ3v) is 4.29. The van der Waals surface area contributed by atoms with Crippen LogP contribution in [-0.2, 0) is 6.42 Å². The SMILES string of the molecule is O=[N+]([O-])C1=NN(c2cc(Cl)cc(Cl)c2)CN(CCc2ccccc2)C1. The maximum atomic E-state index is 11.3. The van der Waals surface area contributed by atoms with Crippen LogP contribution >= 0.6 is 23.2 Å². The van der Waals surface area contributed by atoms with Gasteiger partial charge >= 0.3 is 5.84 Å². The number of halogens is 2. The fraction of sp³-hybridized carbons (Fsp3) is 0.235. The van der Waals surface area contributed by atoms with Crippen molar-refractivity contribution in [2.45, 2.75) is 6.42 Å². The van der Waals surface area contributed by atoms with Gasteiger partial charge in [-0.05, 0) is 35.1 Å². The average molecular weight is 379 g/mol. The molecule has 6 nitrogen and oxygen atoms in total. The Morgan fingerprint density at radius 3 is 2.44 bits per heavy atom. The highest BCUT2D eigenvalue weighted by atomic mass is 35.5. The maximum absolute atomic E-state index is 11.3. The molecule has 1 aliphatic heterocycles. The highest BCUT2D eigenvalue weighted by molar-refractivity contribution is 6.35. The van der Waals surface area contributed by atoms with Gasteiger partial charge in [-0.1, -0.05) is 53.5 Å². The van der Waals surface area contributed by atoms with Crippen molar-refractivity contribution >= 4 is 34.7 Å². The summed E-state index contributed by atoms with van der Waals surface area (Å²) in [5, 5.41) is 17.9. The van der Waals surface area contributed by atoms with Crippen molar-refractivity contribution < 1.29 is 4.92 Å². The molecule has 0 aliphatic carbocycles. The van der Waals surface area contributed by atoms with Crippen LogP contribution < -0.4 is 5.01 Å². The summed E-state index contributed by atoms with van der Waals surface area (Å²) in [6.45, 7) is 1.31. The normalized spacial score (nSPS) is 15.1. The number of hydrogen-bond donors (Lipinski definition) is 0. The molecule has 0 aromatic heterocycles. The second-order valence-corrected chi connectivity index (χ2v) is 6.60. The van der Waals surface area contributed by atoms with Gasteiger partial charge in [0.25, 0.3) is 0 Å². The lowest BCUT2D eigenvalue weighted by Gasteiger charge is -2.28. The highest BCUT2D eigenvalue weighted by Crippen LogP contribution is 2.27. The van der Waals surface area contributed by atoms with Gasteiger partial charge in [-0.3, -0.25) is 4.90 Å². The first-order valence-electron chi connectivity index (χ1n) is 7.73. The summed E-state index contributed by atoms with van der Waals surface area (Å²) in [4.78, 5) is 12.8. The number of nitrogens with zero attached hydrogens (tertiary/aromatic N) is 4. The first-order valence-corrected chi connectivity index (χ1v) is 8.48. The molecule has 0 N–H and O–H groups in total. The molecule has 1 heterocycles. The quantitative estimate of drug-likeness (QED) is 0.597. The van der Waals surface area contributed by atoms with E-state index in [2.05, 4.69) is 5.10 Å². The molecule has 0 radical (unpaired) electrons. The molecule has 130 valence electrons. The van der Waals surface area contributed by atoms with E-state index in [0.717, 1.165) is 6.42 Å². The minimum absolute atomic E-state index is 0.101. The van der Waals surface area contributed by atoms with E-state index in [0.29, 0.717) is 28.9 Å². The Balaban J connectivity index is 1.78. The van der Waals surface area contributed by atoms with Crippen molar-refractivity contribution in [3.05, 3.63) is 74.3 Å². The largest absolute Gasteiger partial charge is 0.378 e. The second kappa shape index (κ2) is 7.82. The van der Waals surface area contributed by atoms with Crippen LogP contribution in [0.3, 0.4) is 0 Å². The minimum Gasteiger partial charge on any atom is -0.358 e. The lowest BCUT2D eigenvalue weighted by atomic mass is 10.1. The van der Waals surface area contributed by atoms with Crippen molar-refractivity contribution in [2.24, 2.45) is 5.10 Å². The second-order valence-electron chi connectivity index (χ2n) is 5.73. The van der Waals surface area contributed by atoms with Gasteiger partial charge in [0, 0.05) is 16.6 Å². The summed E-state index contributed by atoms with van der Waals surface area (Å²) in [5.74, 6) is -0.101. The van der Waals surface area contributed by atoms with Gasteiger partial charge < -0.3 is 10.1 Å². The van der Waals surface area contributed by atoms with Gasteiger partial charge in [-0.2, -0.15) is 5.01 Å². The Kier molecular flexibility index (Phi) is 5.53. The zero-order valence-corrected chi connectivity index (χ0v) is 14.8. The number of nitro groups is 1. The summed E-state index contributed by atoms with van der Waals surface area (Å²) < 4.78 is 0. The topological polar surface area (TPSA) is 62.0 Å². The fourth-order valence-corrected chi connectivity index (χ4v) is 3.16. The zero-order chi connectivity index (χ0) is 17.8. The lowest BCUT2D eigenvalue weighted by Crippen LogP contribution is -2.46. The van der Waals surface area contributed by atoms with Crippen LogP contribution in [0.4, 0.5) is 5.69 Å². The highest BCUT2D eigenvalue weighted by Gasteiger charge is 2.29. The van der Waals surface area contributed by atoms with Crippen LogP contribution in [0.2, 0.25) is 10.0 Å². The van der Waals surface area contributed by atoms with Crippen LogP contribution in [0.25, 0.3) is 0 Å². The Bertz CT molecular complexity index is 778. The Labute approximate surface area is 155 Å². The van der Waals surface area contributed by atoms with E-state index in [9.17, 15) is 10.1 Å². The first-order chi connectivity index (χ1) is 12.0. The zero-order valence-electron chi connectivity index (χ0n) is 13.3. The standard InChI is InChI=1S/C17H16Cl2N4O2/c18-14-8-15(19)10-16(9-14)22-12-21(11-17(20-22)23(24)25)7-6-13-4-2-1-3-5-13/h1-5,8-10H,6-7,11-12H2. The Morgan fingerprint density at radius 1 is 1.12 bits per heavy atom. The molecule has 0 amide bonds. The van der Waals surface area contributed by atoms with Crippen molar-refractivity contribution in [1.29, 1.82) is 0 Å². The summed E-state index contributed by atoms with van der Waals surface area (Å²) in [5.41, 5.74) is 1.81. The number of amidine groups is 1. The number of benzene rings is 2. The number of hydrazone groups is 1. The maximum Gasteiger partial charge on any atom is 0.378 e. The van der Waals surface area contributed by atoms with Crippen molar-refractivity contribution in [3.63, 3.8) is 0 Å². The van der Waals surface area contributed by atoms with Crippen LogP contribution in [0.5, 0.6) is 0 Å². The van der Waals surface area contributed by atoms with Gasteiger partial charge in [0.2, 0.25) is 0 Å². The summed E-state index contributed by atoms with van der Waals surface area (Å²) >= 11 is 12.1. The van der Waals surface area contributed by atoms with Crippen molar-refractivity contribution in [1.82, 2.24) is 4.90 Å². The number of anilines is 1. The van der Waals surface area contributed by atoms with E-state index in [-0.39, 0.29) is 12.4 Å². The van der Waals surface area contributed by atoms with E-state index < -0.39 is 4.92 Å². The molecule has 0 saturated heterocycles. The van der Waals surface area contributed by atoms with Gasteiger partial charge in [0.1, 0.15) is 13.2 Å². The molecule has 2 aromatic carbocycles. The predicted octanol–water partition coefficient (Wildman–Crippen LogP) is 3.91. The average Bonchev–Trinajstić information content (AvgIpc) is 2.60. The number of hydrogen-bond acceptors (Lipinski definition) is 5. The molecule has 0 atom stereocenters. The van der Waals surface area contributed by atoms with E-state index >= 15 is 0 Å². The predicted molar refractivity (Wildman–Crippen MR) is 100.0 cm³/mol. The molecular weight excluding hydrogens is 363 g/mol. The van der Waals surface area contributed by atoms with E-state index in [1.54, 1.807) is 23.2 Å². The molecular formula is C17H16Cl2N4O2. The third kappa shape index (κ3) is 4.69. The van der Waals surface area contributed by atoms with Crippen LogP contribution in [0.1, 0.15) is 5.56 Å². The van der Waals surface area contributed by atoms with Gasteiger partial charge in [0.15, 0.2) is 0 Å². The molecule has 0 unspecified atom stereocenters. The molecule has 0 spiro atoms. The first kappa shape index (κ1) is 17.7. The lowest BCUT2D eigenvalue weighted by molar-refractivity contribution is -0.354. The molecule has 1 aliphatic rings. The van der Waals surface area contributed by atoms with E-state index in [4.69, 9.17) is 23.2 Å². The third-order valence-electron chi connectivity index (χ3n) is 3.85. The fourth-order valence-electron chi connectivity index (χ4n) is 2.65. The Morgan fingerprint density at radius 2 is 1.80 bits per heavy atom. The smallest absolute Gasteiger partial charge is 0.358 e. The van der Waals surface area contributed by atoms with Crippen molar-refractivity contribution in [2.75, 3.05) is 24.8 Å². The van der Waals surface area contributed by atoms with E-state index in [1.807, 2.05) is 35.2 Å². The minimum atomic E-state index is -0.451. The monoisotopic (exact) mass is 378 g/mol. The molecule has 0 saturated carbocycles. The molecule has 3 rings (SSSR count). The van der Waals surface area contributed by atoms with Gasteiger partial charge in [-0.25, -0.2) is 0 Å². The van der Waals surface area contributed by atoms with Crippen LogP contribution in [-0.4, -0.2) is 35.4 Å². The van der Waals surface area contributed by atoms with Gasteiger partial charge in [-0.15, -0.1) is 0 Å². The number of rotatable bonds is 4. The van der Waals surface area contributed by atoms with Crippen molar-refractivity contribution in [3.8, 4) is 0 Å².